The van der Waals surface area contributed by atoms with Gasteiger partial charge in [0.05, 0.1) is 12.7 Å². The molecule has 2 rings (SSSR count). The Morgan fingerprint density at radius 1 is 1.35 bits per heavy atom. The Morgan fingerprint density at radius 2 is 2.18 bits per heavy atom. The molecule has 0 unspecified atom stereocenters. The molecule has 0 amide bonds. The first-order chi connectivity index (χ1) is 8.35. The zero-order valence-corrected chi connectivity index (χ0v) is 9.55. The molecule has 0 aliphatic heterocycles. The fourth-order valence-corrected chi connectivity index (χ4v) is 1.47. The quantitative estimate of drug-likeness (QED) is 0.852. The van der Waals surface area contributed by atoms with Crippen molar-refractivity contribution in [3.8, 4) is 23.0 Å². The first-order valence-corrected chi connectivity index (χ1v) is 5.28. The summed E-state index contributed by atoms with van der Waals surface area (Å²) in [5, 5.41) is 3.80. The minimum Gasteiger partial charge on any atom is -0.496 e. The maximum absolute atomic E-state index is 5.34. The van der Waals surface area contributed by atoms with Crippen LogP contribution in [0.3, 0.4) is 0 Å². The lowest BCUT2D eigenvalue weighted by Gasteiger charge is -2.03. The fraction of sp³-hybridized carbons (Fsp3) is 0.250. The molecule has 2 N–H and O–H groups in total. The molecule has 0 atom stereocenters. The summed E-state index contributed by atoms with van der Waals surface area (Å²) in [5.41, 5.74) is 6.17. The van der Waals surface area contributed by atoms with E-state index in [0.717, 1.165) is 11.3 Å². The van der Waals surface area contributed by atoms with Gasteiger partial charge in [0.15, 0.2) is 5.76 Å². The Kier molecular flexibility index (Phi) is 3.62. The minimum absolute atomic E-state index is 0.415. The number of nitrogens with zero attached hydrogens (tertiary/aromatic N) is 1. The van der Waals surface area contributed by atoms with E-state index in [1.54, 1.807) is 13.2 Å². The van der Waals surface area contributed by atoms with Crippen molar-refractivity contribution in [3.05, 3.63) is 30.3 Å². The van der Waals surface area contributed by atoms with Gasteiger partial charge in [-0.3, -0.25) is 0 Å². The molecule has 2 aromatic rings. The number of nitrogens with two attached hydrogens (primary N) is 1. The Hall–Kier alpha value is -2.01. The van der Waals surface area contributed by atoms with Gasteiger partial charge in [0, 0.05) is 12.6 Å². The van der Waals surface area contributed by atoms with Gasteiger partial charge in [0.2, 0.25) is 0 Å². The smallest absolute Gasteiger partial charge is 0.254 e. The van der Waals surface area contributed by atoms with E-state index in [1.165, 1.54) is 0 Å². The highest BCUT2D eigenvalue weighted by Gasteiger charge is 2.11. The second-order valence-electron chi connectivity index (χ2n) is 3.37. The monoisotopic (exact) mass is 234 g/mol. The number of aromatic nitrogens is 1. The maximum atomic E-state index is 5.34. The number of methoxy groups -OCH3 is 1. The predicted octanol–water partition coefficient (Wildman–Crippen LogP) is 1.69. The van der Waals surface area contributed by atoms with E-state index in [0.29, 0.717) is 24.8 Å². The average Bonchev–Trinajstić information content (AvgIpc) is 2.85. The van der Waals surface area contributed by atoms with Gasteiger partial charge < -0.3 is 19.7 Å². The van der Waals surface area contributed by atoms with E-state index in [1.807, 2.05) is 24.3 Å². The molecule has 0 fully saturated rings. The Morgan fingerprint density at radius 3 is 2.94 bits per heavy atom. The third-order valence-electron chi connectivity index (χ3n) is 2.23. The predicted molar refractivity (Wildman–Crippen MR) is 63.0 cm³/mol. The molecule has 90 valence electrons. The van der Waals surface area contributed by atoms with Crippen LogP contribution in [0.2, 0.25) is 0 Å². The lowest BCUT2D eigenvalue weighted by atomic mass is 10.1. The molecule has 17 heavy (non-hydrogen) atoms. The molecule has 5 nitrogen and oxygen atoms in total. The molecule has 0 radical (unpaired) electrons. The van der Waals surface area contributed by atoms with Crippen molar-refractivity contribution < 1.29 is 14.0 Å². The van der Waals surface area contributed by atoms with Crippen molar-refractivity contribution in [2.75, 3.05) is 20.3 Å². The molecule has 0 bridgehead atoms. The second-order valence-corrected chi connectivity index (χ2v) is 3.37. The number of para-hydroxylation sites is 1. The fourth-order valence-electron chi connectivity index (χ4n) is 1.47. The molecule has 5 heteroatoms. The topological polar surface area (TPSA) is 70.5 Å². The molecular formula is C12H14N2O3. The SMILES string of the molecule is COc1ccccc1-c1cc(OCCN)no1. The minimum atomic E-state index is 0.415. The van der Waals surface area contributed by atoms with Crippen molar-refractivity contribution in [2.45, 2.75) is 0 Å². The third kappa shape index (κ3) is 2.57. The Labute approximate surface area is 99.1 Å². The molecule has 0 aliphatic carbocycles. The molecule has 1 heterocycles. The molecule has 0 saturated carbocycles. The molecule has 1 aromatic heterocycles. The number of hydrogen-bond donors (Lipinski definition) is 1. The van der Waals surface area contributed by atoms with Gasteiger partial charge in [-0.05, 0) is 17.3 Å². The average molecular weight is 234 g/mol. The van der Waals surface area contributed by atoms with Gasteiger partial charge in [0.1, 0.15) is 12.4 Å². The van der Waals surface area contributed by atoms with Gasteiger partial charge in [0.25, 0.3) is 5.88 Å². The summed E-state index contributed by atoms with van der Waals surface area (Å²) in [4.78, 5) is 0. The van der Waals surface area contributed by atoms with Gasteiger partial charge in [-0.2, -0.15) is 0 Å². The highest BCUT2D eigenvalue weighted by Crippen LogP contribution is 2.31. The van der Waals surface area contributed by atoms with Crippen molar-refractivity contribution >= 4 is 0 Å². The standard InChI is InChI=1S/C12H14N2O3/c1-15-10-5-3-2-4-9(10)11-8-12(14-17-11)16-7-6-13/h2-5,8H,6-7,13H2,1H3. The van der Waals surface area contributed by atoms with E-state index in [2.05, 4.69) is 5.16 Å². The zero-order chi connectivity index (χ0) is 12.1. The van der Waals surface area contributed by atoms with Crippen LogP contribution in [-0.4, -0.2) is 25.4 Å². The van der Waals surface area contributed by atoms with E-state index in [9.17, 15) is 0 Å². The van der Waals surface area contributed by atoms with Crippen LogP contribution in [0, 0.1) is 0 Å². The van der Waals surface area contributed by atoms with Crippen LogP contribution in [0.25, 0.3) is 11.3 Å². The normalized spacial score (nSPS) is 10.2. The van der Waals surface area contributed by atoms with Gasteiger partial charge in [-0.25, -0.2) is 0 Å². The zero-order valence-electron chi connectivity index (χ0n) is 9.55. The van der Waals surface area contributed by atoms with Crippen LogP contribution in [0.1, 0.15) is 0 Å². The van der Waals surface area contributed by atoms with Crippen molar-refractivity contribution in [1.29, 1.82) is 0 Å². The molecular weight excluding hydrogens is 220 g/mol. The highest BCUT2D eigenvalue weighted by molar-refractivity contribution is 5.66. The number of benzene rings is 1. The summed E-state index contributed by atoms with van der Waals surface area (Å²) in [6, 6.07) is 9.27. The second kappa shape index (κ2) is 5.36. The summed E-state index contributed by atoms with van der Waals surface area (Å²) >= 11 is 0. The Balaban J connectivity index is 2.24. The van der Waals surface area contributed by atoms with Crippen LogP contribution >= 0.6 is 0 Å². The summed E-state index contributed by atoms with van der Waals surface area (Å²) in [6.45, 7) is 0.856. The largest absolute Gasteiger partial charge is 0.496 e. The first kappa shape index (κ1) is 11.5. The summed E-state index contributed by atoms with van der Waals surface area (Å²) in [7, 11) is 1.61. The van der Waals surface area contributed by atoms with Crippen LogP contribution in [0.5, 0.6) is 11.6 Å². The molecule has 1 aromatic carbocycles. The maximum Gasteiger partial charge on any atom is 0.254 e. The van der Waals surface area contributed by atoms with Crippen molar-refractivity contribution in [2.24, 2.45) is 5.73 Å². The van der Waals surface area contributed by atoms with Gasteiger partial charge >= 0.3 is 0 Å². The lowest BCUT2D eigenvalue weighted by molar-refractivity contribution is 0.288. The number of ether oxygens (including phenoxy) is 2. The molecule has 0 aliphatic rings. The number of hydrogen-bond acceptors (Lipinski definition) is 5. The summed E-state index contributed by atoms with van der Waals surface area (Å²) < 4.78 is 15.7. The molecule has 0 spiro atoms. The van der Waals surface area contributed by atoms with Crippen LogP contribution in [-0.2, 0) is 0 Å². The van der Waals surface area contributed by atoms with Crippen molar-refractivity contribution in [1.82, 2.24) is 5.16 Å². The van der Waals surface area contributed by atoms with Crippen LogP contribution in [0.15, 0.2) is 34.9 Å². The van der Waals surface area contributed by atoms with E-state index in [4.69, 9.17) is 19.7 Å². The van der Waals surface area contributed by atoms with Gasteiger partial charge in [-0.15, -0.1) is 0 Å². The van der Waals surface area contributed by atoms with E-state index >= 15 is 0 Å². The third-order valence-corrected chi connectivity index (χ3v) is 2.23. The van der Waals surface area contributed by atoms with E-state index in [-0.39, 0.29) is 0 Å². The van der Waals surface area contributed by atoms with Crippen LogP contribution in [0.4, 0.5) is 0 Å². The Bertz CT molecular complexity index is 482. The van der Waals surface area contributed by atoms with Gasteiger partial charge in [-0.1, -0.05) is 12.1 Å². The summed E-state index contributed by atoms with van der Waals surface area (Å²) in [6.07, 6.45) is 0. The van der Waals surface area contributed by atoms with Crippen molar-refractivity contribution in [3.63, 3.8) is 0 Å². The lowest BCUT2D eigenvalue weighted by Crippen LogP contribution is -2.10. The first-order valence-electron chi connectivity index (χ1n) is 5.28. The molecule has 0 saturated heterocycles. The number of rotatable bonds is 5. The highest BCUT2D eigenvalue weighted by atomic mass is 16.5. The summed E-state index contributed by atoms with van der Waals surface area (Å²) in [5.74, 6) is 1.76. The van der Waals surface area contributed by atoms with E-state index < -0.39 is 0 Å². The van der Waals surface area contributed by atoms with Crippen LogP contribution < -0.4 is 15.2 Å².